The summed E-state index contributed by atoms with van der Waals surface area (Å²) in [6.07, 6.45) is 5.41. The number of benzene rings is 1. The molecule has 0 aliphatic heterocycles. The van der Waals surface area contributed by atoms with Crippen LogP contribution in [0.1, 0.15) is 40.2 Å². The summed E-state index contributed by atoms with van der Waals surface area (Å²) in [5.41, 5.74) is 1.03. The van der Waals surface area contributed by atoms with Gasteiger partial charge in [-0.25, -0.2) is 4.98 Å². The Bertz CT molecular complexity index is 764. The molecule has 1 aromatic carbocycles. The molecule has 8 heteroatoms. The SMILES string of the molecule is COc1ccc(C(=O)Nc2nc3c(s2)CCCCC3)cc1[N+](=O)[O-]. The number of fused-ring (bicyclic) bond motifs is 1. The van der Waals surface area contributed by atoms with Crippen molar-refractivity contribution in [1.29, 1.82) is 0 Å². The molecule has 1 aliphatic carbocycles. The summed E-state index contributed by atoms with van der Waals surface area (Å²) >= 11 is 1.49. The molecule has 1 N–H and O–H groups in total. The fourth-order valence-electron chi connectivity index (χ4n) is 2.73. The summed E-state index contributed by atoms with van der Waals surface area (Å²) in [4.78, 5) is 28.6. The Morgan fingerprint density at radius 1 is 1.33 bits per heavy atom. The predicted octanol–water partition coefficient (Wildman–Crippen LogP) is 3.58. The van der Waals surface area contributed by atoms with Gasteiger partial charge in [0, 0.05) is 16.5 Å². The molecule has 1 aromatic heterocycles. The molecular formula is C16H17N3O4S. The minimum atomic E-state index is -0.568. The van der Waals surface area contributed by atoms with Crippen LogP contribution in [-0.4, -0.2) is 22.9 Å². The third-order valence-electron chi connectivity index (χ3n) is 3.95. The van der Waals surface area contributed by atoms with E-state index in [4.69, 9.17) is 4.74 Å². The van der Waals surface area contributed by atoms with Crippen molar-refractivity contribution in [2.45, 2.75) is 32.1 Å². The second-order valence-electron chi connectivity index (χ2n) is 5.55. The zero-order valence-corrected chi connectivity index (χ0v) is 14.0. The summed E-state index contributed by atoms with van der Waals surface area (Å²) in [7, 11) is 1.35. The number of nitrogens with one attached hydrogen (secondary N) is 1. The molecule has 0 atom stereocenters. The second-order valence-corrected chi connectivity index (χ2v) is 6.63. The van der Waals surface area contributed by atoms with Crippen molar-refractivity contribution < 1.29 is 14.5 Å². The highest BCUT2D eigenvalue weighted by molar-refractivity contribution is 7.15. The monoisotopic (exact) mass is 347 g/mol. The van der Waals surface area contributed by atoms with Gasteiger partial charge in [0.25, 0.3) is 5.91 Å². The molecule has 0 bridgehead atoms. The van der Waals surface area contributed by atoms with Gasteiger partial charge in [-0.1, -0.05) is 6.42 Å². The van der Waals surface area contributed by atoms with Gasteiger partial charge < -0.3 is 4.74 Å². The van der Waals surface area contributed by atoms with Crippen LogP contribution < -0.4 is 10.1 Å². The van der Waals surface area contributed by atoms with E-state index < -0.39 is 10.8 Å². The lowest BCUT2D eigenvalue weighted by molar-refractivity contribution is -0.385. The zero-order valence-electron chi connectivity index (χ0n) is 13.2. The Kier molecular flexibility index (Phi) is 4.75. The maximum Gasteiger partial charge on any atom is 0.311 e. The number of carbonyl (C=O) groups is 1. The van der Waals surface area contributed by atoms with Crippen molar-refractivity contribution in [3.63, 3.8) is 0 Å². The molecule has 3 rings (SSSR count). The number of nitrogens with zero attached hydrogens (tertiary/aromatic N) is 2. The number of aryl methyl sites for hydroxylation is 2. The van der Waals surface area contributed by atoms with Crippen LogP contribution in [0.25, 0.3) is 0 Å². The minimum absolute atomic E-state index is 0.123. The summed E-state index contributed by atoms with van der Waals surface area (Å²) in [5, 5.41) is 14.4. The van der Waals surface area contributed by atoms with Gasteiger partial charge in [-0.05, 0) is 37.8 Å². The van der Waals surface area contributed by atoms with Crippen LogP contribution in [0, 0.1) is 10.1 Å². The quantitative estimate of drug-likeness (QED) is 0.518. The number of carbonyl (C=O) groups excluding carboxylic acids is 1. The highest BCUT2D eigenvalue weighted by atomic mass is 32.1. The van der Waals surface area contributed by atoms with Crippen LogP contribution >= 0.6 is 11.3 Å². The topological polar surface area (TPSA) is 94.4 Å². The first kappa shape index (κ1) is 16.4. The normalized spacial score (nSPS) is 13.7. The van der Waals surface area contributed by atoms with E-state index in [0.717, 1.165) is 31.4 Å². The maximum absolute atomic E-state index is 12.4. The molecular weight excluding hydrogens is 330 g/mol. The summed E-state index contributed by atoms with van der Waals surface area (Å²) in [6, 6.07) is 4.14. The third kappa shape index (κ3) is 3.38. The number of anilines is 1. The summed E-state index contributed by atoms with van der Waals surface area (Å²) in [6.45, 7) is 0. The van der Waals surface area contributed by atoms with E-state index in [-0.39, 0.29) is 17.0 Å². The fraction of sp³-hybridized carbons (Fsp3) is 0.375. The smallest absolute Gasteiger partial charge is 0.311 e. The van der Waals surface area contributed by atoms with Crippen molar-refractivity contribution in [2.75, 3.05) is 12.4 Å². The van der Waals surface area contributed by atoms with Crippen LogP contribution in [0.15, 0.2) is 18.2 Å². The Balaban J connectivity index is 1.80. The lowest BCUT2D eigenvalue weighted by Gasteiger charge is -2.05. The number of nitro groups is 1. The summed E-state index contributed by atoms with van der Waals surface area (Å²) in [5.74, 6) is -0.290. The Labute approximate surface area is 142 Å². The van der Waals surface area contributed by atoms with Crippen molar-refractivity contribution in [2.24, 2.45) is 0 Å². The molecule has 0 radical (unpaired) electrons. The highest BCUT2D eigenvalue weighted by Crippen LogP contribution is 2.30. The molecule has 1 aliphatic rings. The molecule has 0 saturated carbocycles. The standard InChI is InChI=1S/C16H17N3O4S/c1-23-13-8-7-10(9-12(13)19(21)22)15(20)18-16-17-11-5-3-2-4-6-14(11)24-16/h7-9H,2-6H2,1H3,(H,17,18,20). The van der Waals surface area contributed by atoms with Crippen LogP contribution in [0.4, 0.5) is 10.8 Å². The van der Waals surface area contributed by atoms with E-state index in [9.17, 15) is 14.9 Å². The Morgan fingerprint density at radius 3 is 2.88 bits per heavy atom. The van der Waals surface area contributed by atoms with Crippen molar-refractivity contribution >= 4 is 28.1 Å². The van der Waals surface area contributed by atoms with Gasteiger partial charge in [0.05, 0.1) is 17.7 Å². The Morgan fingerprint density at radius 2 is 2.12 bits per heavy atom. The lowest BCUT2D eigenvalue weighted by atomic mass is 10.2. The maximum atomic E-state index is 12.4. The average Bonchev–Trinajstić information content (AvgIpc) is 2.82. The Hall–Kier alpha value is -2.48. The van der Waals surface area contributed by atoms with E-state index in [1.165, 1.54) is 47.9 Å². The number of nitro benzene ring substituents is 1. The van der Waals surface area contributed by atoms with Crippen molar-refractivity contribution in [3.05, 3.63) is 44.4 Å². The molecule has 1 amide bonds. The third-order valence-corrected chi connectivity index (χ3v) is 5.03. The first-order valence-electron chi connectivity index (χ1n) is 7.71. The summed E-state index contributed by atoms with van der Waals surface area (Å²) < 4.78 is 4.94. The molecule has 0 saturated heterocycles. The number of hydrogen-bond acceptors (Lipinski definition) is 6. The lowest BCUT2D eigenvalue weighted by Crippen LogP contribution is -2.12. The van der Waals surface area contributed by atoms with Gasteiger partial charge in [-0.2, -0.15) is 0 Å². The number of aromatic nitrogens is 1. The van der Waals surface area contributed by atoms with Gasteiger partial charge in [-0.3, -0.25) is 20.2 Å². The van der Waals surface area contributed by atoms with Crippen LogP contribution in [0.5, 0.6) is 5.75 Å². The van der Waals surface area contributed by atoms with E-state index >= 15 is 0 Å². The molecule has 0 fully saturated rings. The molecule has 0 unspecified atom stereocenters. The first-order valence-corrected chi connectivity index (χ1v) is 8.52. The molecule has 7 nitrogen and oxygen atoms in total. The molecule has 0 spiro atoms. The largest absolute Gasteiger partial charge is 0.490 e. The van der Waals surface area contributed by atoms with E-state index in [0.29, 0.717) is 5.13 Å². The average molecular weight is 347 g/mol. The number of thiazole rings is 1. The minimum Gasteiger partial charge on any atom is -0.490 e. The van der Waals surface area contributed by atoms with Gasteiger partial charge in [0.1, 0.15) is 0 Å². The van der Waals surface area contributed by atoms with Gasteiger partial charge in [-0.15, -0.1) is 11.3 Å². The van der Waals surface area contributed by atoms with Crippen LogP contribution in [-0.2, 0) is 12.8 Å². The van der Waals surface area contributed by atoms with Crippen molar-refractivity contribution in [1.82, 2.24) is 4.98 Å². The molecule has 1 heterocycles. The molecule has 24 heavy (non-hydrogen) atoms. The van der Waals surface area contributed by atoms with E-state index in [1.54, 1.807) is 0 Å². The second kappa shape index (κ2) is 6.96. The molecule has 126 valence electrons. The van der Waals surface area contributed by atoms with Crippen LogP contribution in [0.2, 0.25) is 0 Å². The number of amides is 1. The molecule has 2 aromatic rings. The number of methoxy groups -OCH3 is 1. The highest BCUT2D eigenvalue weighted by Gasteiger charge is 2.20. The number of ether oxygens (including phenoxy) is 1. The van der Waals surface area contributed by atoms with Gasteiger partial charge in [0.2, 0.25) is 0 Å². The predicted molar refractivity (Wildman–Crippen MR) is 91.0 cm³/mol. The van der Waals surface area contributed by atoms with Gasteiger partial charge in [0.15, 0.2) is 10.9 Å². The fourth-order valence-corrected chi connectivity index (χ4v) is 3.77. The van der Waals surface area contributed by atoms with Gasteiger partial charge >= 0.3 is 5.69 Å². The van der Waals surface area contributed by atoms with E-state index in [2.05, 4.69) is 10.3 Å². The van der Waals surface area contributed by atoms with Crippen LogP contribution in [0.3, 0.4) is 0 Å². The van der Waals surface area contributed by atoms with E-state index in [1.807, 2.05) is 0 Å². The number of rotatable bonds is 4. The zero-order chi connectivity index (χ0) is 17.1. The first-order chi connectivity index (χ1) is 11.6. The van der Waals surface area contributed by atoms with Crippen molar-refractivity contribution in [3.8, 4) is 5.75 Å². The number of hydrogen-bond donors (Lipinski definition) is 1.